The van der Waals surface area contributed by atoms with Gasteiger partial charge in [0.05, 0.1) is 7.11 Å². The van der Waals surface area contributed by atoms with E-state index in [9.17, 15) is 4.79 Å². The Morgan fingerprint density at radius 2 is 1.88 bits per heavy atom. The minimum absolute atomic E-state index is 0. The smallest absolute Gasteiger partial charge is 0.167 e. The van der Waals surface area contributed by atoms with Crippen LogP contribution in [-0.4, -0.2) is 38.4 Å². The Morgan fingerprint density at radius 3 is 2.50 bits per heavy atom. The number of benzene rings is 2. The molecule has 3 nitrogen and oxygen atoms in total. The molecule has 24 heavy (non-hydrogen) atoms. The molecule has 0 aliphatic heterocycles. The van der Waals surface area contributed by atoms with Gasteiger partial charge in [0.2, 0.25) is 0 Å². The Labute approximate surface area is 155 Å². The molecule has 0 saturated heterocycles. The van der Waals surface area contributed by atoms with Crippen LogP contribution in [0.3, 0.4) is 0 Å². The van der Waals surface area contributed by atoms with Gasteiger partial charge in [-0.1, -0.05) is 35.9 Å². The SMILES string of the molecule is COc1cccc(C(=O)C(Cc2cccc(Cl)c2)CN(C)C)c1.Cl. The number of halogens is 2. The Kier molecular flexibility index (Phi) is 8.26. The van der Waals surface area contributed by atoms with E-state index in [-0.39, 0.29) is 24.1 Å². The standard InChI is InChI=1S/C19H22ClNO2.ClH/c1-21(2)13-16(10-14-6-4-8-17(20)11-14)19(22)15-7-5-9-18(12-15)23-3;/h4-9,11-12,16H,10,13H2,1-3H3;1H. The maximum absolute atomic E-state index is 12.9. The van der Waals surface area contributed by atoms with Crippen molar-refractivity contribution >= 4 is 29.8 Å². The molecular weight excluding hydrogens is 345 g/mol. The number of rotatable bonds is 7. The first-order chi connectivity index (χ1) is 11.0. The van der Waals surface area contributed by atoms with Crippen molar-refractivity contribution < 1.29 is 9.53 Å². The molecule has 5 heteroatoms. The largest absolute Gasteiger partial charge is 0.497 e. The molecule has 1 atom stereocenters. The van der Waals surface area contributed by atoms with Gasteiger partial charge in [0.15, 0.2) is 5.78 Å². The van der Waals surface area contributed by atoms with Crippen molar-refractivity contribution in [1.29, 1.82) is 0 Å². The lowest BCUT2D eigenvalue weighted by Gasteiger charge is -2.20. The summed E-state index contributed by atoms with van der Waals surface area (Å²) in [7, 11) is 5.56. The number of ether oxygens (including phenoxy) is 1. The van der Waals surface area contributed by atoms with Crippen molar-refractivity contribution in [2.24, 2.45) is 5.92 Å². The highest BCUT2D eigenvalue weighted by Crippen LogP contribution is 2.21. The van der Waals surface area contributed by atoms with E-state index in [1.807, 2.05) is 61.5 Å². The van der Waals surface area contributed by atoms with Gasteiger partial charge in [-0.05, 0) is 50.3 Å². The van der Waals surface area contributed by atoms with Gasteiger partial charge in [0.1, 0.15) is 5.75 Å². The lowest BCUT2D eigenvalue weighted by molar-refractivity contribution is 0.0896. The number of nitrogens with zero attached hydrogens (tertiary/aromatic N) is 1. The third kappa shape index (κ3) is 5.82. The topological polar surface area (TPSA) is 29.5 Å². The summed E-state index contributed by atoms with van der Waals surface area (Å²) in [6, 6.07) is 15.0. The lowest BCUT2D eigenvalue weighted by Crippen LogP contribution is -2.29. The van der Waals surface area contributed by atoms with Crippen molar-refractivity contribution in [1.82, 2.24) is 4.90 Å². The highest BCUT2D eigenvalue weighted by atomic mass is 35.5. The van der Waals surface area contributed by atoms with Gasteiger partial charge in [-0.3, -0.25) is 4.79 Å². The third-order valence-corrected chi connectivity index (χ3v) is 3.92. The number of methoxy groups -OCH3 is 1. The van der Waals surface area contributed by atoms with E-state index in [4.69, 9.17) is 16.3 Å². The molecular formula is C19H23Cl2NO2. The van der Waals surface area contributed by atoms with E-state index >= 15 is 0 Å². The molecule has 0 aliphatic rings. The summed E-state index contributed by atoms with van der Waals surface area (Å²) < 4.78 is 5.22. The fraction of sp³-hybridized carbons (Fsp3) is 0.316. The molecule has 0 aliphatic carbocycles. The van der Waals surface area contributed by atoms with E-state index in [1.165, 1.54) is 0 Å². The van der Waals surface area contributed by atoms with Crippen LogP contribution in [0.15, 0.2) is 48.5 Å². The number of hydrogen-bond acceptors (Lipinski definition) is 3. The van der Waals surface area contributed by atoms with Gasteiger partial charge >= 0.3 is 0 Å². The normalized spacial score (nSPS) is 11.7. The van der Waals surface area contributed by atoms with E-state index in [2.05, 4.69) is 0 Å². The monoisotopic (exact) mass is 367 g/mol. The molecule has 2 aromatic carbocycles. The zero-order valence-electron chi connectivity index (χ0n) is 14.2. The van der Waals surface area contributed by atoms with Crippen molar-refractivity contribution in [2.45, 2.75) is 6.42 Å². The zero-order chi connectivity index (χ0) is 16.8. The highest BCUT2D eigenvalue weighted by molar-refractivity contribution is 6.30. The summed E-state index contributed by atoms with van der Waals surface area (Å²) in [5.41, 5.74) is 1.75. The number of ketones is 1. The second kappa shape index (κ2) is 9.67. The van der Waals surface area contributed by atoms with E-state index < -0.39 is 0 Å². The molecule has 0 fully saturated rings. The summed E-state index contributed by atoms with van der Waals surface area (Å²) in [4.78, 5) is 15.0. The second-order valence-corrected chi connectivity index (χ2v) is 6.33. The van der Waals surface area contributed by atoms with Crippen LogP contribution in [0.2, 0.25) is 5.02 Å². The van der Waals surface area contributed by atoms with Crippen LogP contribution in [0.1, 0.15) is 15.9 Å². The van der Waals surface area contributed by atoms with Crippen molar-refractivity contribution in [3.63, 3.8) is 0 Å². The van der Waals surface area contributed by atoms with Crippen LogP contribution in [0, 0.1) is 5.92 Å². The molecule has 130 valence electrons. The van der Waals surface area contributed by atoms with Gasteiger partial charge in [-0.25, -0.2) is 0 Å². The van der Waals surface area contributed by atoms with Gasteiger partial charge in [-0.2, -0.15) is 0 Å². The number of hydrogen-bond donors (Lipinski definition) is 0. The molecule has 0 amide bonds. The van der Waals surface area contributed by atoms with E-state index in [1.54, 1.807) is 13.2 Å². The predicted octanol–water partition coefficient (Wildman–Crippen LogP) is 4.37. The Morgan fingerprint density at radius 1 is 1.17 bits per heavy atom. The second-order valence-electron chi connectivity index (χ2n) is 5.89. The summed E-state index contributed by atoms with van der Waals surface area (Å²) in [5.74, 6) is 0.690. The average Bonchev–Trinajstić information content (AvgIpc) is 2.53. The molecule has 2 rings (SSSR count). The quantitative estimate of drug-likeness (QED) is 0.680. The molecule has 0 saturated carbocycles. The Bertz CT molecular complexity index is 674. The average molecular weight is 368 g/mol. The summed E-state index contributed by atoms with van der Waals surface area (Å²) >= 11 is 6.06. The van der Waals surface area contributed by atoms with E-state index in [0.29, 0.717) is 29.3 Å². The van der Waals surface area contributed by atoms with Crippen molar-refractivity contribution in [3.05, 3.63) is 64.7 Å². The summed E-state index contributed by atoms with van der Waals surface area (Å²) in [6.45, 7) is 0.683. The first kappa shape index (κ1) is 20.5. The molecule has 0 N–H and O–H groups in total. The molecule has 0 heterocycles. The molecule has 0 bridgehead atoms. The maximum Gasteiger partial charge on any atom is 0.167 e. The number of Topliss-reactive ketones (excluding diaryl/α,β-unsaturated/α-hetero) is 1. The zero-order valence-corrected chi connectivity index (χ0v) is 15.7. The fourth-order valence-corrected chi connectivity index (χ4v) is 2.85. The Hall–Kier alpha value is -1.55. The highest BCUT2D eigenvalue weighted by Gasteiger charge is 2.22. The number of carbonyl (C=O) groups excluding carboxylic acids is 1. The summed E-state index contributed by atoms with van der Waals surface area (Å²) in [6.07, 6.45) is 0.661. The van der Waals surface area contributed by atoms with Crippen molar-refractivity contribution in [2.75, 3.05) is 27.7 Å². The minimum Gasteiger partial charge on any atom is -0.497 e. The van der Waals surface area contributed by atoms with E-state index in [0.717, 1.165) is 5.56 Å². The summed E-state index contributed by atoms with van der Waals surface area (Å²) in [5, 5.41) is 0.694. The van der Waals surface area contributed by atoms with Crippen LogP contribution in [0.4, 0.5) is 0 Å². The first-order valence-corrected chi connectivity index (χ1v) is 7.95. The van der Waals surface area contributed by atoms with Gasteiger partial charge in [-0.15, -0.1) is 12.4 Å². The molecule has 0 radical (unpaired) electrons. The minimum atomic E-state index is -0.129. The Balaban J connectivity index is 0.00000288. The van der Waals surface area contributed by atoms with Crippen LogP contribution in [0.5, 0.6) is 5.75 Å². The van der Waals surface area contributed by atoms with Gasteiger partial charge < -0.3 is 9.64 Å². The maximum atomic E-state index is 12.9. The molecule has 2 aromatic rings. The molecule has 1 unspecified atom stereocenters. The third-order valence-electron chi connectivity index (χ3n) is 3.68. The van der Waals surface area contributed by atoms with Gasteiger partial charge in [0.25, 0.3) is 0 Å². The van der Waals surface area contributed by atoms with Gasteiger partial charge in [0, 0.05) is 23.0 Å². The predicted molar refractivity (Wildman–Crippen MR) is 102 cm³/mol. The molecule has 0 spiro atoms. The fourth-order valence-electron chi connectivity index (χ4n) is 2.64. The van der Waals surface area contributed by atoms with Crippen molar-refractivity contribution in [3.8, 4) is 5.75 Å². The number of carbonyl (C=O) groups is 1. The van der Waals surface area contributed by atoms with Crippen LogP contribution >= 0.6 is 24.0 Å². The molecule has 0 aromatic heterocycles. The lowest BCUT2D eigenvalue weighted by atomic mass is 9.90. The van der Waals surface area contributed by atoms with Crippen LogP contribution in [-0.2, 0) is 6.42 Å². The van der Waals surface area contributed by atoms with Crippen LogP contribution in [0.25, 0.3) is 0 Å². The van der Waals surface area contributed by atoms with Crippen LogP contribution < -0.4 is 4.74 Å². The first-order valence-electron chi connectivity index (χ1n) is 7.57.